The summed E-state index contributed by atoms with van der Waals surface area (Å²) in [5, 5.41) is 10.2. The molecule has 2 aromatic carbocycles. The van der Waals surface area contributed by atoms with Crippen LogP contribution < -0.4 is 9.47 Å². The number of non-ortho nitro benzene ring substituents is 1. The Balaban J connectivity index is 1.73. The normalized spacial score (nSPS) is 14.2. The van der Waals surface area contributed by atoms with Gasteiger partial charge in [0.1, 0.15) is 0 Å². The Morgan fingerprint density at radius 2 is 1.75 bits per heavy atom. The quantitative estimate of drug-likeness (QED) is 0.143. The van der Waals surface area contributed by atoms with Crippen molar-refractivity contribution in [2.24, 2.45) is 0 Å². The largest absolute Gasteiger partial charge is 0.490 e. The second kappa shape index (κ2) is 12.0. The minimum absolute atomic E-state index is 0.110. The number of carbonyl (C=O) groups excluding carboxylic acids is 4. The first-order chi connectivity index (χ1) is 17.2. The molecule has 1 fully saturated rings. The minimum atomic E-state index is -0.638. The van der Waals surface area contributed by atoms with Crippen LogP contribution in [0.5, 0.6) is 11.5 Å². The Morgan fingerprint density at radius 1 is 1.03 bits per heavy atom. The Kier molecular flexibility index (Phi) is 8.79. The molecule has 0 bridgehead atoms. The van der Waals surface area contributed by atoms with Crippen LogP contribution in [0.25, 0.3) is 6.08 Å². The van der Waals surface area contributed by atoms with Crippen LogP contribution in [0.15, 0.2) is 47.4 Å². The molecule has 0 radical (unpaired) electrons. The van der Waals surface area contributed by atoms with Crippen LogP contribution in [0.4, 0.5) is 10.5 Å². The van der Waals surface area contributed by atoms with Crippen LogP contribution >= 0.6 is 11.8 Å². The first kappa shape index (κ1) is 26.4. The third kappa shape index (κ3) is 6.48. The topological polar surface area (TPSA) is 142 Å². The fraction of sp³-hybridized carbons (Fsp3) is 0.250. The number of nitrogens with zero attached hydrogens (tertiary/aromatic N) is 2. The van der Waals surface area contributed by atoms with E-state index in [1.807, 2.05) is 0 Å². The Labute approximate surface area is 210 Å². The van der Waals surface area contributed by atoms with Crippen molar-refractivity contribution in [1.29, 1.82) is 0 Å². The molecule has 1 aliphatic rings. The highest BCUT2D eigenvalue weighted by Gasteiger charge is 2.36. The molecule has 2 amide bonds. The Morgan fingerprint density at radius 3 is 2.39 bits per heavy atom. The zero-order chi connectivity index (χ0) is 26.2. The summed E-state index contributed by atoms with van der Waals surface area (Å²) in [5.74, 6) is -1.05. The van der Waals surface area contributed by atoms with E-state index in [1.165, 1.54) is 30.3 Å². The number of nitro benzene ring substituents is 1. The second-order valence-corrected chi connectivity index (χ2v) is 8.22. The van der Waals surface area contributed by atoms with Gasteiger partial charge in [-0.3, -0.25) is 29.4 Å². The van der Waals surface area contributed by atoms with Crippen molar-refractivity contribution < 1.29 is 38.3 Å². The molecule has 11 nitrogen and oxygen atoms in total. The number of benzene rings is 2. The number of rotatable bonds is 11. The maximum absolute atomic E-state index is 12.8. The van der Waals surface area contributed by atoms with Gasteiger partial charge in [0.05, 0.1) is 29.6 Å². The molecule has 12 heteroatoms. The third-order valence-electron chi connectivity index (χ3n) is 4.79. The molecule has 0 N–H and O–H groups in total. The van der Waals surface area contributed by atoms with E-state index in [-0.39, 0.29) is 29.4 Å². The summed E-state index contributed by atoms with van der Waals surface area (Å²) in [4.78, 5) is 60.4. The van der Waals surface area contributed by atoms with Crippen molar-refractivity contribution in [2.45, 2.75) is 13.8 Å². The van der Waals surface area contributed by atoms with E-state index in [0.29, 0.717) is 35.4 Å². The van der Waals surface area contributed by atoms with E-state index in [2.05, 4.69) is 0 Å². The van der Waals surface area contributed by atoms with Crippen LogP contribution in [0.3, 0.4) is 0 Å². The van der Waals surface area contributed by atoms with Crippen molar-refractivity contribution in [3.05, 3.63) is 68.6 Å². The van der Waals surface area contributed by atoms with E-state index in [9.17, 15) is 29.3 Å². The number of ketones is 1. The van der Waals surface area contributed by atoms with Crippen LogP contribution in [0.1, 0.15) is 29.8 Å². The van der Waals surface area contributed by atoms with Gasteiger partial charge < -0.3 is 14.2 Å². The molecule has 1 aliphatic heterocycles. The molecule has 188 valence electrons. The number of nitro groups is 1. The number of ether oxygens (including phenoxy) is 3. The van der Waals surface area contributed by atoms with Crippen molar-refractivity contribution in [2.75, 3.05) is 26.4 Å². The molecule has 1 heterocycles. The SMILES string of the molecule is CCOC(=O)COc1ccc(/C=C2\SC(=O)N(CC(=O)c3ccc([N+](=O)[O-])cc3)C2=O)cc1OCC. The fourth-order valence-corrected chi connectivity index (χ4v) is 3.97. The van der Waals surface area contributed by atoms with Crippen LogP contribution in [-0.2, 0) is 14.3 Å². The summed E-state index contributed by atoms with van der Waals surface area (Å²) in [6.45, 7) is 3.22. The molecule has 1 saturated heterocycles. The van der Waals surface area contributed by atoms with Crippen molar-refractivity contribution in [3.8, 4) is 11.5 Å². The van der Waals surface area contributed by atoms with E-state index in [1.54, 1.807) is 32.0 Å². The number of amides is 2. The summed E-state index contributed by atoms with van der Waals surface area (Å²) < 4.78 is 15.9. The standard InChI is InChI=1S/C24H22N2O9S/c1-3-33-20-11-15(5-10-19(20)35-14-22(28)34-4-2)12-21-23(29)25(24(30)36-21)13-18(27)16-6-8-17(9-7-16)26(31)32/h5-12H,3-4,13-14H2,1-2H3/b21-12-. The smallest absolute Gasteiger partial charge is 0.344 e. The molecule has 0 unspecified atom stereocenters. The van der Waals surface area contributed by atoms with Crippen molar-refractivity contribution >= 4 is 46.4 Å². The van der Waals surface area contributed by atoms with Gasteiger partial charge >= 0.3 is 5.97 Å². The van der Waals surface area contributed by atoms with Gasteiger partial charge in [-0.2, -0.15) is 0 Å². The molecule has 0 saturated carbocycles. The minimum Gasteiger partial charge on any atom is -0.490 e. The number of thioether (sulfide) groups is 1. The number of hydrogen-bond acceptors (Lipinski definition) is 10. The zero-order valence-electron chi connectivity index (χ0n) is 19.4. The van der Waals surface area contributed by atoms with Gasteiger partial charge in [-0.1, -0.05) is 6.07 Å². The maximum atomic E-state index is 12.8. The van der Waals surface area contributed by atoms with E-state index >= 15 is 0 Å². The monoisotopic (exact) mass is 514 g/mol. The van der Waals surface area contributed by atoms with Crippen LogP contribution in [0.2, 0.25) is 0 Å². The van der Waals surface area contributed by atoms with E-state index < -0.39 is 34.4 Å². The first-order valence-corrected chi connectivity index (χ1v) is 11.6. The summed E-state index contributed by atoms with van der Waals surface area (Å²) in [7, 11) is 0. The van der Waals surface area contributed by atoms with Gasteiger partial charge in [0.15, 0.2) is 23.9 Å². The van der Waals surface area contributed by atoms with Gasteiger partial charge in [0.2, 0.25) is 0 Å². The third-order valence-corrected chi connectivity index (χ3v) is 5.70. The van der Waals surface area contributed by atoms with Crippen molar-refractivity contribution in [1.82, 2.24) is 4.90 Å². The lowest BCUT2D eigenvalue weighted by Crippen LogP contribution is -2.33. The van der Waals surface area contributed by atoms with Gasteiger partial charge in [0, 0.05) is 17.7 Å². The number of Topliss-reactive ketones (excluding diaryl/α,β-unsaturated/α-hetero) is 1. The number of imide groups is 1. The summed E-state index contributed by atoms with van der Waals surface area (Å²) in [5.41, 5.74) is 0.502. The average molecular weight is 515 g/mol. The lowest BCUT2D eigenvalue weighted by molar-refractivity contribution is -0.384. The predicted molar refractivity (Wildman–Crippen MR) is 130 cm³/mol. The number of esters is 1. The molecule has 0 atom stereocenters. The van der Waals surface area contributed by atoms with Crippen LogP contribution in [0, 0.1) is 10.1 Å². The molecule has 0 aliphatic carbocycles. The van der Waals surface area contributed by atoms with Crippen molar-refractivity contribution in [3.63, 3.8) is 0 Å². The molecule has 0 aromatic heterocycles. The van der Waals surface area contributed by atoms with Gasteiger partial charge in [0.25, 0.3) is 16.8 Å². The van der Waals surface area contributed by atoms with Crippen LogP contribution in [-0.4, -0.2) is 59.1 Å². The number of carbonyl (C=O) groups is 4. The van der Waals surface area contributed by atoms with Gasteiger partial charge in [-0.15, -0.1) is 0 Å². The second-order valence-electron chi connectivity index (χ2n) is 7.23. The summed E-state index contributed by atoms with van der Waals surface area (Å²) in [6.07, 6.45) is 1.49. The van der Waals surface area contributed by atoms with Gasteiger partial charge in [-0.25, -0.2) is 4.79 Å². The molecule has 2 aromatic rings. The summed E-state index contributed by atoms with van der Waals surface area (Å²) in [6, 6.07) is 9.69. The van der Waals surface area contributed by atoms with E-state index in [0.717, 1.165) is 4.90 Å². The first-order valence-electron chi connectivity index (χ1n) is 10.8. The molecule has 0 spiro atoms. The molecule has 3 rings (SSSR count). The summed E-state index contributed by atoms with van der Waals surface area (Å²) >= 11 is 0.687. The molecule has 36 heavy (non-hydrogen) atoms. The highest BCUT2D eigenvalue weighted by molar-refractivity contribution is 8.18. The highest BCUT2D eigenvalue weighted by atomic mass is 32.2. The highest BCUT2D eigenvalue weighted by Crippen LogP contribution is 2.35. The zero-order valence-corrected chi connectivity index (χ0v) is 20.2. The average Bonchev–Trinajstić information content (AvgIpc) is 3.11. The molecular formula is C24H22N2O9S. The van der Waals surface area contributed by atoms with E-state index in [4.69, 9.17) is 14.2 Å². The van der Waals surface area contributed by atoms with Gasteiger partial charge in [-0.05, 0) is 61.5 Å². The fourth-order valence-electron chi connectivity index (χ4n) is 3.13. The number of hydrogen-bond donors (Lipinski definition) is 0. The Bertz CT molecular complexity index is 1220. The lowest BCUT2D eigenvalue weighted by Gasteiger charge is -2.12. The predicted octanol–water partition coefficient (Wildman–Crippen LogP) is 3.85. The maximum Gasteiger partial charge on any atom is 0.344 e. The molecular weight excluding hydrogens is 492 g/mol. The lowest BCUT2D eigenvalue weighted by atomic mass is 10.1. The Hall–Kier alpha value is -4.19.